The van der Waals surface area contributed by atoms with E-state index in [0.717, 1.165) is 4.90 Å². The van der Waals surface area contributed by atoms with Crippen LogP contribution in [0.1, 0.15) is 25.7 Å². The molecular weight excluding hydrogens is 298 g/mol. The fraction of sp³-hybridized carbons (Fsp3) is 0.500. The Kier molecular flexibility index (Phi) is 4.83. The Morgan fingerprint density at radius 3 is 2.65 bits per heavy atom. The fourth-order valence-corrected chi connectivity index (χ4v) is 3.82. The first-order chi connectivity index (χ1) is 9.39. The highest BCUT2D eigenvalue weighted by atomic mass is 35.5. The van der Waals surface area contributed by atoms with Gasteiger partial charge in [0.2, 0.25) is 0 Å². The van der Waals surface area contributed by atoms with Gasteiger partial charge < -0.3 is 15.9 Å². The van der Waals surface area contributed by atoms with E-state index in [2.05, 4.69) is 0 Å². The average Bonchev–Trinajstić information content (AvgIpc) is 2.38. The highest BCUT2D eigenvalue weighted by Crippen LogP contribution is 2.38. The standard InChI is InChI=1S/C14H18ClNO3S/c15-11-7-10(16)1-2-12(11)20-8-14(19)5-3-9(4-6-14)13(17)18/h1-2,7,9,19H,3-6,8,16H2,(H,17,18). The minimum absolute atomic E-state index is 0.319. The molecule has 1 aliphatic rings. The first-order valence-electron chi connectivity index (χ1n) is 6.53. The number of carboxylic acids is 1. The normalized spacial score (nSPS) is 26.4. The van der Waals surface area contributed by atoms with Gasteiger partial charge in [0.05, 0.1) is 16.5 Å². The van der Waals surface area contributed by atoms with Crippen LogP contribution in [-0.2, 0) is 4.79 Å². The predicted octanol–water partition coefficient (Wildman–Crippen LogP) is 3.02. The van der Waals surface area contributed by atoms with E-state index in [1.54, 1.807) is 12.1 Å². The largest absolute Gasteiger partial charge is 0.481 e. The van der Waals surface area contributed by atoms with Gasteiger partial charge in [0.1, 0.15) is 0 Å². The monoisotopic (exact) mass is 315 g/mol. The lowest BCUT2D eigenvalue weighted by molar-refractivity contribution is -0.144. The number of hydrogen-bond acceptors (Lipinski definition) is 4. The molecule has 1 aromatic rings. The molecule has 20 heavy (non-hydrogen) atoms. The van der Waals surface area contributed by atoms with Crippen LogP contribution < -0.4 is 5.73 Å². The summed E-state index contributed by atoms with van der Waals surface area (Å²) in [6.07, 6.45) is 2.09. The van der Waals surface area contributed by atoms with Gasteiger partial charge in [-0.15, -0.1) is 11.8 Å². The molecule has 1 fully saturated rings. The maximum Gasteiger partial charge on any atom is 0.306 e. The van der Waals surface area contributed by atoms with Gasteiger partial charge in [-0.1, -0.05) is 11.6 Å². The summed E-state index contributed by atoms with van der Waals surface area (Å²) in [5.41, 5.74) is 5.44. The van der Waals surface area contributed by atoms with Crippen LogP contribution in [0.3, 0.4) is 0 Å². The predicted molar refractivity (Wildman–Crippen MR) is 81.1 cm³/mol. The van der Waals surface area contributed by atoms with Crippen LogP contribution in [0.2, 0.25) is 5.02 Å². The van der Waals surface area contributed by atoms with Gasteiger partial charge >= 0.3 is 5.97 Å². The SMILES string of the molecule is Nc1ccc(SCC2(O)CCC(C(=O)O)CC2)c(Cl)c1. The quantitative estimate of drug-likeness (QED) is 0.587. The summed E-state index contributed by atoms with van der Waals surface area (Å²) in [4.78, 5) is 11.8. The fourth-order valence-electron chi connectivity index (χ4n) is 2.39. The van der Waals surface area contributed by atoms with Crippen molar-refractivity contribution in [2.45, 2.75) is 36.2 Å². The maximum atomic E-state index is 10.9. The summed E-state index contributed by atoms with van der Waals surface area (Å²) < 4.78 is 0. The third-order valence-electron chi connectivity index (χ3n) is 3.72. The molecule has 0 unspecified atom stereocenters. The number of hydrogen-bond donors (Lipinski definition) is 3. The second-order valence-corrected chi connectivity index (χ2v) is 6.74. The minimum Gasteiger partial charge on any atom is -0.481 e. The number of aliphatic carboxylic acids is 1. The molecule has 0 atom stereocenters. The number of nitrogens with two attached hydrogens (primary N) is 1. The minimum atomic E-state index is -0.804. The van der Waals surface area contributed by atoms with Gasteiger partial charge in [-0.2, -0.15) is 0 Å². The molecule has 0 radical (unpaired) electrons. The topological polar surface area (TPSA) is 83.5 Å². The van der Waals surface area contributed by atoms with E-state index >= 15 is 0 Å². The number of rotatable bonds is 4. The molecule has 0 aromatic heterocycles. The summed E-state index contributed by atoms with van der Waals surface area (Å²) in [7, 11) is 0. The van der Waals surface area contributed by atoms with Gasteiger partial charge in [0, 0.05) is 16.3 Å². The third kappa shape index (κ3) is 3.81. The Balaban J connectivity index is 1.92. The number of thioether (sulfide) groups is 1. The number of aliphatic hydroxyl groups is 1. The number of halogens is 1. The number of carboxylic acid groups (broad SMARTS) is 1. The smallest absolute Gasteiger partial charge is 0.306 e. The Bertz CT molecular complexity index is 501. The van der Waals surface area contributed by atoms with Gasteiger partial charge in [0.15, 0.2) is 0 Å². The van der Waals surface area contributed by atoms with E-state index < -0.39 is 11.6 Å². The van der Waals surface area contributed by atoms with Crippen molar-refractivity contribution in [1.82, 2.24) is 0 Å². The molecule has 0 heterocycles. The summed E-state index contributed by atoms with van der Waals surface area (Å²) in [6.45, 7) is 0. The van der Waals surface area contributed by atoms with Gasteiger partial charge in [-0.3, -0.25) is 4.79 Å². The molecule has 0 bridgehead atoms. The van der Waals surface area contributed by atoms with Crippen molar-refractivity contribution in [2.24, 2.45) is 5.92 Å². The van der Waals surface area contributed by atoms with Crippen molar-refractivity contribution in [2.75, 3.05) is 11.5 Å². The van der Waals surface area contributed by atoms with E-state index in [9.17, 15) is 9.90 Å². The molecule has 0 amide bonds. The van der Waals surface area contributed by atoms with Gasteiger partial charge in [0.25, 0.3) is 0 Å². The Morgan fingerprint density at radius 1 is 1.45 bits per heavy atom. The van der Waals surface area contributed by atoms with E-state index in [0.29, 0.717) is 42.1 Å². The second kappa shape index (κ2) is 6.24. The highest BCUT2D eigenvalue weighted by Gasteiger charge is 2.35. The first kappa shape index (κ1) is 15.5. The van der Waals surface area contributed by atoms with Crippen LogP contribution in [0, 0.1) is 5.92 Å². The summed E-state index contributed by atoms with van der Waals surface area (Å²) in [6, 6.07) is 5.31. The zero-order valence-corrected chi connectivity index (χ0v) is 12.6. The Hall–Kier alpha value is -0.910. The average molecular weight is 316 g/mol. The van der Waals surface area contributed by atoms with E-state index in [-0.39, 0.29) is 5.92 Å². The van der Waals surface area contributed by atoms with Crippen LogP contribution in [0.25, 0.3) is 0 Å². The summed E-state index contributed by atoms with van der Waals surface area (Å²) in [5.74, 6) is -0.565. The lowest BCUT2D eigenvalue weighted by Crippen LogP contribution is -2.38. The molecule has 4 N–H and O–H groups in total. The van der Waals surface area contributed by atoms with E-state index in [1.165, 1.54) is 11.8 Å². The van der Waals surface area contributed by atoms with Crippen LogP contribution >= 0.6 is 23.4 Å². The van der Waals surface area contributed by atoms with Crippen molar-refractivity contribution < 1.29 is 15.0 Å². The Labute approximate surface area is 127 Å². The number of benzene rings is 1. The lowest BCUT2D eigenvalue weighted by atomic mass is 9.80. The van der Waals surface area contributed by atoms with Crippen LogP contribution in [0.15, 0.2) is 23.1 Å². The highest BCUT2D eigenvalue weighted by molar-refractivity contribution is 7.99. The van der Waals surface area contributed by atoms with Gasteiger partial charge in [-0.25, -0.2) is 0 Å². The van der Waals surface area contributed by atoms with Crippen molar-refractivity contribution in [3.8, 4) is 0 Å². The van der Waals surface area contributed by atoms with Crippen molar-refractivity contribution in [1.29, 1.82) is 0 Å². The molecule has 6 heteroatoms. The molecule has 1 aromatic carbocycles. The molecule has 0 aliphatic heterocycles. The Morgan fingerprint density at radius 2 is 2.10 bits per heavy atom. The molecule has 0 saturated heterocycles. The molecule has 2 rings (SSSR count). The van der Waals surface area contributed by atoms with Crippen molar-refractivity contribution in [3.05, 3.63) is 23.2 Å². The van der Waals surface area contributed by atoms with Crippen LogP contribution in [0.4, 0.5) is 5.69 Å². The van der Waals surface area contributed by atoms with Crippen molar-refractivity contribution >= 4 is 35.0 Å². The second-order valence-electron chi connectivity index (χ2n) is 5.32. The van der Waals surface area contributed by atoms with Crippen LogP contribution in [0.5, 0.6) is 0 Å². The zero-order valence-electron chi connectivity index (χ0n) is 11.0. The number of nitrogen functional groups attached to an aromatic ring is 1. The molecule has 1 saturated carbocycles. The van der Waals surface area contributed by atoms with E-state index in [1.807, 2.05) is 6.07 Å². The lowest BCUT2D eigenvalue weighted by Gasteiger charge is -2.34. The van der Waals surface area contributed by atoms with Crippen LogP contribution in [-0.4, -0.2) is 27.5 Å². The molecule has 4 nitrogen and oxygen atoms in total. The zero-order chi connectivity index (χ0) is 14.8. The van der Waals surface area contributed by atoms with Crippen molar-refractivity contribution in [3.63, 3.8) is 0 Å². The molecule has 0 spiro atoms. The number of anilines is 1. The molecular formula is C14H18ClNO3S. The first-order valence-corrected chi connectivity index (χ1v) is 7.89. The number of carbonyl (C=O) groups is 1. The van der Waals surface area contributed by atoms with E-state index in [4.69, 9.17) is 22.4 Å². The third-order valence-corrected chi connectivity index (χ3v) is 5.49. The maximum absolute atomic E-state index is 10.9. The molecule has 110 valence electrons. The van der Waals surface area contributed by atoms with Gasteiger partial charge in [-0.05, 0) is 43.9 Å². The molecule has 1 aliphatic carbocycles. The summed E-state index contributed by atoms with van der Waals surface area (Å²) in [5, 5.41) is 20.0. The summed E-state index contributed by atoms with van der Waals surface area (Å²) >= 11 is 7.58.